The molecule has 0 amide bonds. The standard InChI is InChI=1S/C13H12Cl2N2O2S/c14-12-5-4-11(7-13(12)15)20(18,19)17-8-9-2-1-3-10(16)6-9/h1-7,17H,8,16H2. The van der Waals surface area contributed by atoms with E-state index in [1.165, 1.54) is 18.2 Å². The maximum atomic E-state index is 12.1. The number of anilines is 1. The van der Waals surface area contributed by atoms with E-state index in [1.54, 1.807) is 24.3 Å². The summed E-state index contributed by atoms with van der Waals surface area (Å²) in [5.41, 5.74) is 6.99. The molecule has 0 aliphatic carbocycles. The Labute approximate surface area is 127 Å². The van der Waals surface area contributed by atoms with Crippen LogP contribution in [0.15, 0.2) is 47.4 Å². The normalized spacial score (nSPS) is 11.5. The third kappa shape index (κ3) is 3.64. The fourth-order valence-electron chi connectivity index (χ4n) is 1.61. The Bertz CT molecular complexity index is 733. The summed E-state index contributed by atoms with van der Waals surface area (Å²) in [5.74, 6) is 0. The SMILES string of the molecule is Nc1cccc(CNS(=O)(=O)c2ccc(Cl)c(Cl)c2)c1. The summed E-state index contributed by atoms with van der Waals surface area (Å²) in [4.78, 5) is 0.0656. The Balaban J connectivity index is 2.17. The van der Waals surface area contributed by atoms with Gasteiger partial charge in [-0.2, -0.15) is 0 Å². The summed E-state index contributed by atoms with van der Waals surface area (Å²) >= 11 is 11.6. The number of nitrogens with one attached hydrogen (secondary N) is 1. The van der Waals surface area contributed by atoms with Gasteiger partial charge in [-0.25, -0.2) is 13.1 Å². The smallest absolute Gasteiger partial charge is 0.240 e. The molecular formula is C13H12Cl2N2O2S. The number of sulfonamides is 1. The largest absolute Gasteiger partial charge is 0.399 e. The Hall–Kier alpha value is -1.27. The summed E-state index contributed by atoms with van der Waals surface area (Å²) in [5, 5.41) is 0.500. The average molecular weight is 331 g/mol. The summed E-state index contributed by atoms with van der Waals surface area (Å²) in [6, 6.07) is 11.1. The van der Waals surface area contributed by atoms with Crippen LogP contribution < -0.4 is 10.5 Å². The van der Waals surface area contributed by atoms with Gasteiger partial charge in [0.15, 0.2) is 0 Å². The molecule has 0 atom stereocenters. The van der Waals surface area contributed by atoms with E-state index in [-0.39, 0.29) is 16.5 Å². The minimum absolute atomic E-state index is 0.0656. The highest BCUT2D eigenvalue weighted by atomic mass is 35.5. The maximum absolute atomic E-state index is 12.1. The van der Waals surface area contributed by atoms with Crippen molar-refractivity contribution in [3.8, 4) is 0 Å². The van der Waals surface area contributed by atoms with Crippen LogP contribution in [-0.4, -0.2) is 8.42 Å². The van der Waals surface area contributed by atoms with Crippen LogP contribution in [0.1, 0.15) is 5.56 Å². The molecule has 0 aromatic heterocycles. The first-order chi connectivity index (χ1) is 9.38. The van der Waals surface area contributed by atoms with Crippen LogP contribution in [0.25, 0.3) is 0 Å². The van der Waals surface area contributed by atoms with Crippen LogP contribution in [0, 0.1) is 0 Å². The summed E-state index contributed by atoms with van der Waals surface area (Å²) in [6.45, 7) is 0.146. The molecule has 7 heteroatoms. The van der Waals surface area contributed by atoms with Gasteiger partial charge >= 0.3 is 0 Å². The zero-order valence-electron chi connectivity index (χ0n) is 10.3. The Morgan fingerprint density at radius 1 is 1.05 bits per heavy atom. The van der Waals surface area contributed by atoms with Crippen molar-refractivity contribution < 1.29 is 8.42 Å². The zero-order valence-corrected chi connectivity index (χ0v) is 12.6. The van der Waals surface area contributed by atoms with Gasteiger partial charge in [0.1, 0.15) is 0 Å². The van der Waals surface area contributed by atoms with Gasteiger partial charge < -0.3 is 5.73 Å². The van der Waals surface area contributed by atoms with E-state index < -0.39 is 10.0 Å². The number of hydrogen-bond acceptors (Lipinski definition) is 3. The predicted octanol–water partition coefficient (Wildman–Crippen LogP) is 3.05. The van der Waals surface area contributed by atoms with Gasteiger partial charge in [-0.15, -0.1) is 0 Å². The van der Waals surface area contributed by atoms with Crippen LogP contribution in [0.2, 0.25) is 10.0 Å². The van der Waals surface area contributed by atoms with Crippen molar-refractivity contribution in [2.24, 2.45) is 0 Å². The first-order valence-corrected chi connectivity index (χ1v) is 7.91. The van der Waals surface area contributed by atoms with Gasteiger partial charge in [-0.1, -0.05) is 35.3 Å². The molecular weight excluding hydrogens is 319 g/mol. The average Bonchev–Trinajstić information content (AvgIpc) is 2.40. The van der Waals surface area contributed by atoms with E-state index in [0.29, 0.717) is 10.7 Å². The number of rotatable bonds is 4. The number of hydrogen-bond donors (Lipinski definition) is 2. The van der Waals surface area contributed by atoms with Crippen molar-refractivity contribution in [1.29, 1.82) is 0 Å². The van der Waals surface area contributed by atoms with E-state index in [9.17, 15) is 8.42 Å². The van der Waals surface area contributed by atoms with Gasteiger partial charge in [0.25, 0.3) is 0 Å². The summed E-state index contributed by atoms with van der Waals surface area (Å²) in [7, 11) is -3.64. The lowest BCUT2D eigenvalue weighted by atomic mass is 10.2. The first-order valence-electron chi connectivity index (χ1n) is 5.67. The molecule has 0 fully saturated rings. The van der Waals surface area contributed by atoms with Crippen LogP contribution in [0.3, 0.4) is 0 Å². The highest BCUT2D eigenvalue weighted by molar-refractivity contribution is 7.89. The molecule has 106 valence electrons. The predicted molar refractivity (Wildman–Crippen MR) is 81.3 cm³/mol. The van der Waals surface area contributed by atoms with Crippen molar-refractivity contribution in [2.45, 2.75) is 11.4 Å². The van der Waals surface area contributed by atoms with E-state index in [4.69, 9.17) is 28.9 Å². The second kappa shape index (κ2) is 6.01. The Kier molecular flexibility index (Phi) is 4.55. The monoisotopic (exact) mass is 330 g/mol. The highest BCUT2D eigenvalue weighted by Gasteiger charge is 2.15. The Morgan fingerprint density at radius 3 is 2.45 bits per heavy atom. The van der Waals surface area contributed by atoms with Gasteiger partial charge in [0.2, 0.25) is 10.0 Å². The Morgan fingerprint density at radius 2 is 1.80 bits per heavy atom. The van der Waals surface area contributed by atoms with E-state index in [2.05, 4.69) is 4.72 Å². The third-order valence-electron chi connectivity index (χ3n) is 2.62. The van der Waals surface area contributed by atoms with Crippen LogP contribution in [0.4, 0.5) is 5.69 Å². The zero-order chi connectivity index (χ0) is 14.8. The van der Waals surface area contributed by atoms with Crippen LogP contribution in [-0.2, 0) is 16.6 Å². The molecule has 0 spiro atoms. The van der Waals surface area contributed by atoms with Crippen molar-refractivity contribution in [3.63, 3.8) is 0 Å². The lowest BCUT2D eigenvalue weighted by Crippen LogP contribution is -2.23. The molecule has 2 rings (SSSR count). The number of nitrogens with two attached hydrogens (primary N) is 1. The number of nitrogen functional groups attached to an aromatic ring is 1. The first kappa shape index (κ1) is 15.1. The van der Waals surface area contributed by atoms with Crippen molar-refractivity contribution >= 4 is 38.9 Å². The van der Waals surface area contributed by atoms with Crippen molar-refractivity contribution in [2.75, 3.05) is 5.73 Å². The van der Waals surface area contributed by atoms with Crippen LogP contribution in [0.5, 0.6) is 0 Å². The quantitative estimate of drug-likeness (QED) is 0.846. The van der Waals surface area contributed by atoms with Crippen molar-refractivity contribution in [1.82, 2.24) is 4.72 Å². The molecule has 20 heavy (non-hydrogen) atoms. The molecule has 0 aliphatic heterocycles. The molecule has 0 saturated heterocycles. The van der Waals surface area contributed by atoms with E-state index >= 15 is 0 Å². The summed E-state index contributed by atoms with van der Waals surface area (Å²) in [6.07, 6.45) is 0. The fraction of sp³-hybridized carbons (Fsp3) is 0.0769. The lowest BCUT2D eigenvalue weighted by molar-refractivity contribution is 0.581. The van der Waals surface area contributed by atoms with Gasteiger partial charge in [0, 0.05) is 12.2 Å². The van der Waals surface area contributed by atoms with Crippen LogP contribution >= 0.6 is 23.2 Å². The molecule has 0 radical (unpaired) electrons. The topological polar surface area (TPSA) is 72.2 Å². The van der Waals surface area contributed by atoms with Crippen molar-refractivity contribution in [3.05, 3.63) is 58.1 Å². The third-order valence-corrected chi connectivity index (χ3v) is 4.76. The maximum Gasteiger partial charge on any atom is 0.240 e. The molecule has 0 saturated carbocycles. The minimum Gasteiger partial charge on any atom is -0.399 e. The van der Waals surface area contributed by atoms with Gasteiger partial charge in [-0.05, 0) is 35.9 Å². The molecule has 0 aliphatic rings. The van der Waals surface area contributed by atoms with Gasteiger partial charge in [-0.3, -0.25) is 0 Å². The second-order valence-electron chi connectivity index (χ2n) is 4.15. The minimum atomic E-state index is -3.64. The molecule has 0 unspecified atom stereocenters. The number of benzene rings is 2. The molecule has 4 nitrogen and oxygen atoms in total. The molecule has 2 aromatic carbocycles. The second-order valence-corrected chi connectivity index (χ2v) is 6.73. The highest BCUT2D eigenvalue weighted by Crippen LogP contribution is 2.24. The lowest BCUT2D eigenvalue weighted by Gasteiger charge is -2.08. The number of halogens is 2. The van der Waals surface area contributed by atoms with E-state index in [1.807, 2.05) is 0 Å². The van der Waals surface area contributed by atoms with E-state index in [0.717, 1.165) is 5.56 Å². The molecule has 0 heterocycles. The summed E-state index contributed by atoms with van der Waals surface area (Å²) < 4.78 is 26.7. The fourth-order valence-corrected chi connectivity index (χ4v) is 3.02. The molecule has 0 bridgehead atoms. The molecule has 3 N–H and O–H groups in total. The van der Waals surface area contributed by atoms with Gasteiger partial charge in [0.05, 0.1) is 14.9 Å². The molecule has 2 aromatic rings.